The highest BCUT2D eigenvalue weighted by Gasteiger charge is 2.22. The molecule has 0 bridgehead atoms. The van der Waals surface area contributed by atoms with E-state index in [9.17, 15) is 4.79 Å². The van der Waals surface area contributed by atoms with E-state index in [4.69, 9.17) is 4.52 Å². The Balaban J connectivity index is 1.46. The van der Waals surface area contributed by atoms with Gasteiger partial charge >= 0.3 is 0 Å². The summed E-state index contributed by atoms with van der Waals surface area (Å²) in [5, 5.41) is 7.22. The van der Waals surface area contributed by atoms with Gasteiger partial charge in [-0.25, -0.2) is 0 Å². The zero-order valence-electron chi connectivity index (χ0n) is 15.3. The van der Waals surface area contributed by atoms with Gasteiger partial charge in [0.25, 0.3) is 0 Å². The fourth-order valence-electron chi connectivity index (χ4n) is 3.45. The van der Waals surface area contributed by atoms with E-state index in [1.54, 1.807) is 0 Å². The van der Waals surface area contributed by atoms with Gasteiger partial charge in [-0.1, -0.05) is 29.4 Å². The molecule has 0 atom stereocenters. The largest absolute Gasteiger partial charge is 0.361 e. The molecule has 134 valence electrons. The Hall–Kier alpha value is -2.14. The van der Waals surface area contributed by atoms with E-state index >= 15 is 0 Å². The van der Waals surface area contributed by atoms with Crippen molar-refractivity contribution in [2.75, 3.05) is 13.1 Å². The third kappa shape index (κ3) is 4.48. The average Bonchev–Trinajstić information content (AvgIpc) is 2.90. The summed E-state index contributed by atoms with van der Waals surface area (Å²) >= 11 is 0. The van der Waals surface area contributed by atoms with Crippen LogP contribution >= 0.6 is 0 Å². The van der Waals surface area contributed by atoms with Gasteiger partial charge in [0.05, 0.1) is 12.1 Å². The first kappa shape index (κ1) is 17.7. The van der Waals surface area contributed by atoms with E-state index in [-0.39, 0.29) is 11.9 Å². The number of rotatable bonds is 5. The van der Waals surface area contributed by atoms with Crippen LogP contribution in [0, 0.1) is 20.8 Å². The van der Waals surface area contributed by atoms with Crippen molar-refractivity contribution >= 4 is 5.91 Å². The number of aryl methyl sites for hydroxylation is 3. The van der Waals surface area contributed by atoms with E-state index in [1.807, 2.05) is 32.0 Å². The number of likely N-dealkylation sites (tertiary alicyclic amines) is 1. The van der Waals surface area contributed by atoms with Gasteiger partial charge in [-0.05, 0) is 44.7 Å². The molecule has 1 amide bonds. The molecular weight excluding hydrogens is 314 g/mol. The van der Waals surface area contributed by atoms with Crippen molar-refractivity contribution in [2.24, 2.45) is 0 Å². The molecule has 3 rings (SSSR count). The molecule has 1 aromatic carbocycles. The molecule has 25 heavy (non-hydrogen) atoms. The lowest BCUT2D eigenvalue weighted by atomic mass is 10.0. The molecule has 0 saturated carbocycles. The van der Waals surface area contributed by atoms with Crippen LogP contribution in [0.2, 0.25) is 0 Å². The summed E-state index contributed by atoms with van der Waals surface area (Å²) in [6, 6.07) is 8.35. The van der Waals surface area contributed by atoms with E-state index in [0.717, 1.165) is 49.5 Å². The molecule has 1 aliphatic rings. The molecular formula is C20H27N3O2. The summed E-state index contributed by atoms with van der Waals surface area (Å²) < 4.78 is 5.24. The van der Waals surface area contributed by atoms with Crippen LogP contribution in [0.25, 0.3) is 0 Å². The number of hydrogen-bond acceptors (Lipinski definition) is 4. The molecule has 1 saturated heterocycles. The maximum atomic E-state index is 12.3. The first-order valence-electron chi connectivity index (χ1n) is 9.01. The van der Waals surface area contributed by atoms with Crippen LogP contribution in [0.4, 0.5) is 0 Å². The molecule has 1 N–H and O–H groups in total. The van der Waals surface area contributed by atoms with Gasteiger partial charge in [-0.15, -0.1) is 0 Å². The van der Waals surface area contributed by atoms with Crippen LogP contribution < -0.4 is 5.32 Å². The van der Waals surface area contributed by atoms with Crippen molar-refractivity contribution in [3.8, 4) is 0 Å². The number of nitrogens with zero attached hydrogens (tertiary/aromatic N) is 2. The smallest absolute Gasteiger partial charge is 0.224 e. The van der Waals surface area contributed by atoms with Crippen molar-refractivity contribution in [3.63, 3.8) is 0 Å². The third-order valence-electron chi connectivity index (χ3n) is 5.13. The minimum Gasteiger partial charge on any atom is -0.361 e. The van der Waals surface area contributed by atoms with Crippen molar-refractivity contribution < 1.29 is 9.32 Å². The molecule has 1 fully saturated rings. The van der Waals surface area contributed by atoms with E-state index in [1.165, 1.54) is 11.1 Å². The van der Waals surface area contributed by atoms with Crippen LogP contribution in [0.3, 0.4) is 0 Å². The zero-order valence-corrected chi connectivity index (χ0v) is 15.3. The van der Waals surface area contributed by atoms with Gasteiger partial charge in [0, 0.05) is 31.2 Å². The summed E-state index contributed by atoms with van der Waals surface area (Å²) in [4.78, 5) is 14.7. The SMILES string of the molecule is Cc1ccccc1CC(=O)NC1CCN(Cc2c(C)noc2C)CC1. The Bertz CT molecular complexity index is 711. The van der Waals surface area contributed by atoms with Crippen LogP contribution in [-0.2, 0) is 17.8 Å². The maximum absolute atomic E-state index is 12.3. The average molecular weight is 341 g/mol. The highest BCUT2D eigenvalue weighted by atomic mass is 16.5. The van der Waals surface area contributed by atoms with E-state index < -0.39 is 0 Å². The predicted octanol–water partition coefficient (Wildman–Crippen LogP) is 2.92. The summed E-state index contributed by atoms with van der Waals surface area (Å²) in [7, 11) is 0. The minimum atomic E-state index is 0.124. The molecule has 2 heterocycles. The molecule has 1 aromatic heterocycles. The van der Waals surface area contributed by atoms with Gasteiger partial charge in [-0.3, -0.25) is 9.69 Å². The van der Waals surface area contributed by atoms with Gasteiger partial charge in [0.15, 0.2) is 0 Å². The number of benzene rings is 1. The number of amides is 1. The molecule has 2 aromatic rings. The van der Waals surface area contributed by atoms with E-state index in [2.05, 4.69) is 28.4 Å². The fraction of sp³-hybridized carbons (Fsp3) is 0.500. The second kappa shape index (κ2) is 7.83. The Morgan fingerprint density at radius 3 is 2.60 bits per heavy atom. The van der Waals surface area contributed by atoms with Crippen molar-refractivity contribution in [3.05, 3.63) is 52.4 Å². The number of aromatic nitrogens is 1. The van der Waals surface area contributed by atoms with Crippen LogP contribution in [0.5, 0.6) is 0 Å². The first-order chi connectivity index (χ1) is 12.0. The molecule has 0 radical (unpaired) electrons. The second-order valence-corrected chi connectivity index (χ2v) is 7.02. The Morgan fingerprint density at radius 1 is 1.24 bits per heavy atom. The number of hydrogen-bond donors (Lipinski definition) is 1. The molecule has 5 nitrogen and oxygen atoms in total. The van der Waals surface area contributed by atoms with Crippen molar-refractivity contribution in [2.45, 2.75) is 52.6 Å². The first-order valence-corrected chi connectivity index (χ1v) is 9.01. The number of carbonyl (C=O) groups excluding carboxylic acids is 1. The second-order valence-electron chi connectivity index (χ2n) is 7.02. The topological polar surface area (TPSA) is 58.4 Å². The molecule has 1 aliphatic heterocycles. The van der Waals surface area contributed by atoms with Crippen LogP contribution in [0.15, 0.2) is 28.8 Å². The van der Waals surface area contributed by atoms with Gasteiger partial charge in [-0.2, -0.15) is 0 Å². The lowest BCUT2D eigenvalue weighted by molar-refractivity contribution is -0.121. The normalized spacial score (nSPS) is 16.1. The molecule has 0 aliphatic carbocycles. The van der Waals surface area contributed by atoms with Gasteiger partial charge in [0.2, 0.25) is 5.91 Å². The zero-order chi connectivity index (χ0) is 17.8. The summed E-state index contributed by atoms with van der Waals surface area (Å²) in [5.41, 5.74) is 4.45. The quantitative estimate of drug-likeness (QED) is 0.908. The third-order valence-corrected chi connectivity index (χ3v) is 5.13. The minimum absolute atomic E-state index is 0.124. The Morgan fingerprint density at radius 2 is 1.96 bits per heavy atom. The number of piperidine rings is 1. The van der Waals surface area contributed by atoms with Crippen LogP contribution in [-0.4, -0.2) is 35.1 Å². The lowest BCUT2D eigenvalue weighted by Crippen LogP contribution is -2.44. The van der Waals surface area contributed by atoms with E-state index in [0.29, 0.717) is 6.42 Å². The van der Waals surface area contributed by atoms with Crippen molar-refractivity contribution in [1.29, 1.82) is 0 Å². The predicted molar refractivity (Wildman–Crippen MR) is 97.3 cm³/mol. The van der Waals surface area contributed by atoms with Crippen LogP contribution in [0.1, 0.15) is 41.0 Å². The van der Waals surface area contributed by atoms with Crippen molar-refractivity contribution in [1.82, 2.24) is 15.4 Å². The summed E-state index contributed by atoms with van der Waals surface area (Å²) in [5.74, 6) is 1.03. The molecule has 0 spiro atoms. The summed E-state index contributed by atoms with van der Waals surface area (Å²) in [6.07, 6.45) is 2.44. The monoisotopic (exact) mass is 341 g/mol. The Kier molecular flexibility index (Phi) is 5.53. The van der Waals surface area contributed by atoms with Gasteiger partial charge < -0.3 is 9.84 Å². The summed E-state index contributed by atoms with van der Waals surface area (Å²) in [6.45, 7) is 8.86. The molecule has 5 heteroatoms. The fourth-order valence-corrected chi connectivity index (χ4v) is 3.45. The van der Waals surface area contributed by atoms with Gasteiger partial charge in [0.1, 0.15) is 5.76 Å². The highest BCUT2D eigenvalue weighted by Crippen LogP contribution is 2.19. The standard InChI is InChI=1S/C20H27N3O2/c1-14-6-4-5-7-17(14)12-20(24)21-18-8-10-23(11-9-18)13-19-15(2)22-25-16(19)3/h4-7,18H,8-13H2,1-3H3,(H,21,24). The molecule has 0 unspecified atom stereocenters. The number of carbonyl (C=O) groups is 1. The number of nitrogens with one attached hydrogen (secondary N) is 1. The maximum Gasteiger partial charge on any atom is 0.224 e. The Labute approximate surface area is 149 Å². The lowest BCUT2D eigenvalue weighted by Gasteiger charge is -2.32. The highest BCUT2D eigenvalue weighted by molar-refractivity contribution is 5.79.